The number of aryl methyl sites for hydroxylation is 1. The molecule has 0 saturated carbocycles. The summed E-state index contributed by atoms with van der Waals surface area (Å²) in [5, 5.41) is 0. The van der Waals surface area contributed by atoms with E-state index in [2.05, 4.69) is 57.8 Å². The molecule has 0 fully saturated rings. The molecule has 0 heterocycles. The Morgan fingerprint density at radius 1 is 1.25 bits per heavy atom. The van der Waals surface area contributed by atoms with Crippen LogP contribution >= 0.6 is 11.6 Å². The van der Waals surface area contributed by atoms with Gasteiger partial charge in [0, 0.05) is 24.7 Å². The summed E-state index contributed by atoms with van der Waals surface area (Å²) < 4.78 is 0. The molecule has 0 spiro atoms. The van der Waals surface area contributed by atoms with Gasteiger partial charge in [0.15, 0.2) is 0 Å². The second-order valence-corrected chi connectivity index (χ2v) is 5.13. The topological polar surface area (TPSA) is 3.24 Å². The van der Waals surface area contributed by atoms with Crippen LogP contribution < -0.4 is 4.90 Å². The predicted molar refractivity (Wildman–Crippen MR) is 73.4 cm³/mol. The molecular formula is C14H22ClN. The summed E-state index contributed by atoms with van der Waals surface area (Å²) in [6.45, 7) is 8.85. The summed E-state index contributed by atoms with van der Waals surface area (Å²) in [4.78, 5) is 2.32. The van der Waals surface area contributed by atoms with Crippen LogP contribution in [0.15, 0.2) is 18.2 Å². The zero-order valence-electron chi connectivity index (χ0n) is 10.9. The average molecular weight is 240 g/mol. The molecule has 1 aromatic rings. The van der Waals surface area contributed by atoms with Crippen LogP contribution in [0.2, 0.25) is 0 Å². The van der Waals surface area contributed by atoms with Crippen molar-refractivity contribution in [1.29, 1.82) is 0 Å². The van der Waals surface area contributed by atoms with Gasteiger partial charge in [-0.05, 0) is 31.4 Å². The molecule has 1 nitrogen and oxygen atoms in total. The number of hydrogen-bond acceptors (Lipinski definition) is 1. The first kappa shape index (κ1) is 13.4. The van der Waals surface area contributed by atoms with Crippen molar-refractivity contribution in [3.05, 3.63) is 29.3 Å². The Bertz CT molecular complexity index is 347. The lowest BCUT2D eigenvalue weighted by Crippen LogP contribution is -2.33. The molecule has 1 unspecified atom stereocenters. The molecule has 0 aromatic heterocycles. The van der Waals surface area contributed by atoms with Gasteiger partial charge >= 0.3 is 0 Å². The third-order valence-electron chi connectivity index (χ3n) is 3.33. The van der Waals surface area contributed by atoms with Crippen molar-refractivity contribution in [2.45, 2.75) is 39.6 Å². The van der Waals surface area contributed by atoms with E-state index >= 15 is 0 Å². The number of hydrogen-bond donors (Lipinski definition) is 0. The molecule has 90 valence electrons. The second-order valence-electron chi connectivity index (χ2n) is 4.86. The predicted octanol–water partition coefficient (Wildman–Crippen LogP) is 4.21. The minimum absolute atomic E-state index is 0.518. The van der Waals surface area contributed by atoms with E-state index in [1.807, 2.05) is 0 Å². The minimum atomic E-state index is 0.518. The number of halogens is 1. The van der Waals surface area contributed by atoms with Gasteiger partial charge < -0.3 is 4.90 Å². The Morgan fingerprint density at radius 3 is 2.38 bits per heavy atom. The van der Waals surface area contributed by atoms with Gasteiger partial charge in [-0.25, -0.2) is 0 Å². The van der Waals surface area contributed by atoms with E-state index in [0.29, 0.717) is 17.8 Å². The lowest BCUT2D eigenvalue weighted by atomic mass is 10.0. The van der Waals surface area contributed by atoms with E-state index in [0.717, 1.165) is 0 Å². The molecule has 0 amide bonds. The molecular weight excluding hydrogens is 218 g/mol. The Kier molecular flexibility index (Phi) is 4.67. The Hall–Kier alpha value is -0.690. The fourth-order valence-corrected chi connectivity index (χ4v) is 2.05. The molecule has 0 aliphatic rings. The van der Waals surface area contributed by atoms with Crippen LogP contribution in [0.3, 0.4) is 0 Å². The highest BCUT2D eigenvalue weighted by Crippen LogP contribution is 2.26. The van der Waals surface area contributed by atoms with Gasteiger partial charge in [-0.1, -0.05) is 31.5 Å². The Morgan fingerprint density at radius 2 is 1.88 bits per heavy atom. The summed E-state index contributed by atoms with van der Waals surface area (Å²) in [6.07, 6.45) is 0. The van der Waals surface area contributed by atoms with Crippen molar-refractivity contribution in [3.63, 3.8) is 0 Å². The van der Waals surface area contributed by atoms with Crippen molar-refractivity contribution < 1.29 is 0 Å². The molecule has 1 rings (SSSR count). The van der Waals surface area contributed by atoms with Crippen LogP contribution in [-0.2, 0) is 5.88 Å². The summed E-state index contributed by atoms with van der Waals surface area (Å²) in [5.74, 6) is 1.21. The zero-order valence-corrected chi connectivity index (χ0v) is 11.7. The van der Waals surface area contributed by atoms with E-state index in [-0.39, 0.29) is 0 Å². The third-order valence-corrected chi connectivity index (χ3v) is 3.62. The summed E-state index contributed by atoms with van der Waals surface area (Å²) >= 11 is 6.01. The molecule has 1 atom stereocenters. The number of benzene rings is 1. The highest BCUT2D eigenvalue weighted by atomic mass is 35.5. The third kappa shape index (κ3) is 2.91. The fourth-order valence-electron chi connectivity index (χ4n) is 1.83. The van der Waals surface area contributed by atoms with Crippen molar-refractivity contribution in [3.8, 4) is 0 Å². The standard InChI is InChI=1S/C14H22ClN/c1-10(2)12(4)16(5)14-7-6-11(3)8-13(14)9-15/h6-8,10,12H,9H2,1-5H3. The summed E-state index contributed by atoms with van der Waals surface area (Å²) in [5.41, 5.74) is 3.74. The first-order valence-corrected chi connectivity index (χ1v) is 6.39. The molecule has 2 heteroatoms. The van der Waals surface area contributed by atoms with Gasteiger partial charge in [-0.3, -0.25) is 0 Å². The smallest absolute Gasteiger partial charge is 0.0494 e. The first-order valence-electron chi connectivity index (χ1n) is 5.85. The number of nitrogens with zero attached hydrogens (tertiary/aromatic N) is 1. The van der Waals surface area contributed by atoms with Gasteiger partial charge in [0.2, 0.25) is 0 Å². The molecule has 1 aromatic carbocycles. The molecule has 16 heavy (non-hydrogen) atoms. The second kappa shape index (κ2) is 5.58. The van der Waals surface area contributed by atoms with Crippen LogP contribution in [0, 0.1) is 12.8 Å². The molecule has 0 aliphatic heterocycles. The van der Waals surface area contributed by atoms with Gasteiger partial charge in [0.25, 0.3) is 0 Å². The lowest BCUT2D eigenvalue weighted by molar-refractivity contribution is 0.505. The van der Waals surface area contributed by atoms with Crippen molar-refractivity contribution >= 4 is 17.3 Å². The number of anilines is 1. The van der Waals surface area contributed by atoms with Gasteiger partial charge in [0.1, 0.15) is 0 Å². The number of rotatable bonds is 4. The zero-order chi connectivity index (χ0) is 12.3. The monoisotopic (exact) mass is 239 g/mol. The van der Waals surface area contributed by atoms with Crippen LogP contribution in [0.4, 0.5) is 5.69 Å². The molecule has 0 aliphatic carbocycles. The first-order chi connectivity index (χ1) is 7.47. The Balaban J connectivity index is 3.03. The largest absolute Gasteiger partial charge is 0.371 e. The molecule has 0 N–H and O–H groups in total. The highest BCUT2D eigenvalue weighted by Gasteiger charge is 2.15. The average Bonchev–Trinajstić information content (AvgIpc) is 2.26. The summed E-state index contributed by atoms with van der Waals surface area (Å²) in [7, 11) is 2.14. The van der Waals surface area contributed by atoms with Gasteiger partial charge in [0.05, 0.1) is 0 Å². The molecule has 0 saturated heterocycles. The van der Waals surface area contributed by atoms with Crippen molar-refractivity contribution in [2.75, 3.05) is 11.9 Å². The van der Waals surface area contributed by atoms with E-state index in [4.69, 9.17) is 11.6 Å². The quantitative estimate of drug-likeness (QED) is 0.712. The molecule has 0 bridgehead atoms. The van der Waals surface area contributed by atoms with Crippen LogP contribution in [0.25, 0.3) is 0 Å². The lowest BCUT2D eigenvalue weighted by Gasteiger charge is -2.31. The van der Waals surface area contributed by atoms with E-state index < -0.39 is 0 Å². The number of alkyl halides is 1. The highest BCUT2D eigenvalue weighted by molar-refractivity contribution is 6.17. The SMILES string of the molecule is Cc1ccc(N(C)C(C)C(C)C)c(CCl)c1. The molecule has 0 radical (unpaired) electrons. The Labute approximate surface area is 104 Å². The van der Waals surface area contributed by atoms with Gasteiger partial charge in [-0.2, -0.15) is 0 Å². The van der Waals surface area contributed by atoms with Crippen molar-refractivity contribution in [1.82, 2.24) is 0 Å². The maximum atomic E-state index is 6.01. The normalized spacial score (nSPS) is 12.9. The van der Waals surface area contributed by atoms with Crippen molar-refractivity contribution in [2.24, 2.45) is 5.92 Å². The minimum Gasteiger partial charge on any atom is -0.371 e. The maximum Gasteiger partial charge on any atom is 0.0494 e. The summed E-state index contributed by atoms with van der Waals surface area (Å²) in [6, 6.07) is 7.01. The van der Waals surface area contributed by atoms with Gasteiger partial charge in [-0.15, -0.1) is 11.6 Å². The van der Waals surface area contributed by atoms with Crippen LogP contribution in [0.5, 0.6) is 0 Å². The van der Waals surface area contributed by atoms with E-state index in [1.54, 1.807) is 0 Å². The fraction of sp³-hybridized carbons (Fsp3) is 0.571. The van der Waals surface area contributed by atoms with E-state index in [9.17, 15) is 0 Å². The van der Waals surface area contributed by atoms with Crippen LogP contribution in [0.1, 0.15) is 31.9 Å². The maximum absolute atomic E-state index is 6.01. The van der Waals surface area contributed by atoms with Crippen LogP contribution in [-0.4, -0.2) is 13.1 Å². The van der Waals surface area contributed by atoms with E-state index in [1.165, 1.54) is 16.8 Å².